The zero-order valence-electron chi connectivity index (χ0n) is 7.66. The van der Waals surface area contributed by atoms with Crippen LogP contribution in [0.3, 0.4) is 0 Å². The van der Waals surface area contributed by atoms with Crippen LogP contribution in [0.5, 0.6) is 5.75 Å². The molecule has 1 aromatic rings. The van der Waals surface area contributed by atoms with Gasteiger partial charge in [-0.05, 0) is 36.7 Å². The smallest absolute Gasteiger partial charge is 0.174 e. The van der Waals surface area contributed by atoms with Crippen molar-refractivity contribution in [3.05, 3.63) is 28.8 Å². The molecule has 3 nitrogen and oxygen atoms in total. The molecule has 14 heavy (non-hydrogen) atoms. The van der Waals surface area contributed by atoms with Gasteiger partial charge in [-0.2, -0.15) is 5.26 Å². The molecule has 1 aromatic carbocycles. The van der Waals surface area contributed by atoms with Crippen molar-refractivity contribution in [1.29, 1.82) is 5.26 Å². The van der Waals surface area contributed by atoms with E-state index < -0.39 is 0 Å². The number of rotatable bonds is 4. The van der Waals surface area contributed by atoms with Crippen LogP contribution in [0.15, 0.2) is 18.2 Å². The lowest BCUT2D eigenvalue weighted by molar-refractivity contribution is 0.364. The first-order chi connectivity index (χ1) is 6.77. The maximum Gasteiger partial charge on any atom is 0.174 e. The molecule has 0 bridgehead atoms. The minimum absolute atomic E-state index is 0.0409. The number of nitriles is 1. The number of ether oxygens (including phenoxy) is 1. The topological polar surface area (TPSA) is 59.0 Å². The van der Waals surface area contributed by atoms with E-state index in [2.05, 4.69) is 0 Å². The molecule has 2 N–H and O–H groups in total. The highest BCUT2D eigenvalue weighted by atomic mass is 35.5. The van der Waals surface area contributed by atoms with Crippen molar-refractivity contribution < 1.29 is 4.74 Å². The number of halogens is 1. The van der Waals surface area contributed by atoms with Crippen molar-refractivity contribution in [2.75, 3.05) is 13.2 Å². The quantitative estimate of drug-likeness (QED) is 0.824. The van der Waals surface area contributed by atoms with Gasteiger partial charge in [-0.25, -0.2) is 0 Å². The van der Waals surface area contributed by atoms with Crippen LogP contribution in [0.2, 0.25) is 5.02 Å². The summed E-state index contributed by atoms with van der Waals surface area (Å²) < 4.78 is 5.22. The Bertz CT molecular complexity index is 346. The monoisotopic (exact) mass is 210 g/mol. The van der Waals surface area contributed by atoms with Crippen LogP contribution in [0, 0.1) is 11.3 Å². The zero-order chi connectivity index (χ0) is 10.4. The standard InChI is InChI=1S/C10H11ClN2O/c11-9-1-2-10(14-6-5-13)8(7-9)3-4-12/h1-2,7H,3-4,6,12H2. The van der Waals surface area contributed by atoms with E-state index in [0.717, 1.165) is 5.56 Å². The van der Waals surface area contributed by atoms with Crippen LogP contribution < -0.4 is 10.5 Å². The van der Waals surface area contributed by atoms with Gasteiger partial charge in [0, 0.05) is 5.02 Å². The van der Waals surface area contributed by atoms with Gasteiger partial charge in [0.1, 0.15) is 11.8 Å². The van der Waals surface area contributed by atoms with E-state index >= 15 is 0 Å². The van der Waals surface area contributed by atoms with Crippen molar-refractivity contribution in [3.63, 3.8) is 0 Å². The molecule has 0 saturated heterocycles. The van der Waals surface area contributed by atoms with Crippen LogP contribution in [0.4, 0.5) is 0 Å². The Balaban J connectivity index is 2.85. The Hall–Kier alpha value is -1.24. The summed E-state index contributed by atoms with van der Waals surface area (Å²) in [5, 5.41) is 9.03. The van der Waals surface area contributed by atoms with Gasteiger partial charge in [-0.3, -0.25) is 0 Å². The highest BCUT2D eigenvalue weighted by molar-refractivity contribution is 6.30. The average molecular weight is 211 g/mol. The normalized spacial score (nSPS) is 9.50. The van der Waals surface area contributed by atoms with Gasteiger partial charge in [0.15, 0.2) is 6.61 Å². The number of hydrogen-bond acceptors (Lipinski definition) is 3. The molecule has 0 aliphatic heterocycles. The summed E-state index contributed by atoms with van der Waals surface area (Å²) in [6, 6.07) is 7.21. The second-order valence-electron chi connectivity index (χ2n) is 2.74. The molecule has 4 heteroatoms. The molecule has 0 heterocycles. The van der Waals surface area contributed by atoms with E-state index in [1.54, 1.807) is 18.2 Å². The highest BCUT2D eigenvalue weighted by Gasteiger charge is 2.03. The van der Waals surface area contributed by atoms with Crippen molar-refractivity contribution >= 4 is 11.6 Å². The molecule has 0 atom stereocenters. The zero-order valence-corrected chi connectivity index (χ0v) is 8.42. The SMILES string of the molecule is N#CCOc1ccc(Cl)cc1CCN. The molecular formula is C10H11ClN2O. The maximum atomic E-state index is 8.38. The van der Waals surface area contributed by atoms with Gasteiger partial charge in [0.25, 0.3) is 0 Å². The molecule has 0 radical (unpaired) electrons. The van der Waals surface area contributed by atoms with E-state index in [9.17, 15) is 0 Å². The van der Waals surface area contributed by atoms with Gasteiger partial charge in [0.2, 0.25) is 0 Å². The van der Waals surface area contributed by atoms with E-state index in [0.29, 0.717) is 23.7 Å². The molecule has 0 spiro atoms. The fraction of sp³-hybridized carbons (Fsp3) is 0.300. The molecule has 1 rings (SSSR count). The largest absolute Gasteiger partial charge is 0.478 e. The lowest BCUT2D eigenvalue weighted by atomic mass is 10.1. The van der Waals surface area contributed by atoms with E-state index in [4.69, 9.17) is 27.3 Å². The fourth-order valence-electron chi connectivity index (χ4n) is 1.15. The van der Waals surface area contributed by atoms with Gasteiger partial charge < -0.3 is 10.5 Å². The number of nitrogens with zero attached hydrogens (tertiary/aromatic N) is 1. The second kappa shape index (κ2) is 5.48. The maximum absolute atomic E-state index is 8.38. The van der Waals surface area contributed by atoms with Crippen LogP contribution in [-0.2, 0) is 6.42 Å². The average Bonchev–Trinajstić information content (AvgIpc) is 2.17. The summed E-state index contributed by atoms with van der Waals surface area (Å²) in [5.74, 6) is 0.682. The van der Waals surface area contributed by atoms with E-state index in [-0.39, 0.29) is 6.61 Å². The molecule has 0 saturated carbocycles. The molecule has 0 amide bonds. The second-order valence-corrected chi connectivity index (χ2v) is 3.17. The molecule has 0 aliphatic carbocycles. The fourth-order valence-corrected chi connectivity index (χ4v) is 1.34. The summed E-state index contributed by atoms with van der Waals surface area (Å²) in [4.78, 5) is 0. The molecule has 74 valence electrons. The number of benzene rings is 1. The molecular weight excluding hydrogens is 200 g/mol. The number of nitrogens with two attached hydrogens (primary N) is 1. The minimum atomic E-state index is 0.0409. The summed E-state index contributed by atoms with van der Waals surface area (Å²) in [5.41, 5.74) is 6.38. The molecule has 0 fully saturated rings. The Morgan fingerprint density at radius 1 is 1.50 bits per heavy atom. The first-order valence-electron chi connectivity index (χ1n) is 4.26. The first kappa shape index (κ1) is 10.8. The third-order valence-electron chi connectivity index (χ3n) is 1.73. The Morgan fingerprint density at radius 2 is 2.29 bits per heavy atom. The van der Waals surface area contributed by atoms with Gasteiger partial charge in [0.05, 0.1) is 0 Å². The van der Waals surface area contributed by atoms with E-state index in [1.807, 2.05) is 6.07 Å². The van der Waals surface area contributed by atoms with Gasteiger partial charge in [-0.1, -0.05) is 11.6 Å². The summed E-state index contributed by atoms with van der Waals surface area (Å²) in [7, 11) is 0. The first-order valence-corrected chi connectivity index (χ1v) is 4.64. The Labute approximate surface area is 88.0 Å². The molecule has 0 aliphatic rings. The van der Waals surface area contributed by atoms with Crippen molar-refractivity contribution in [1.82, 2.24) is 0 Å². The van der Waals surface area contributed by atoms with Crippen molar-refractivity contribution in [3.8, 4) is 11.8 Å². The van der Waals surface area contributed by atoms with Crippen molar-refractivity contribution in [2.45, 2.75) is 6.42 Å². The third-order valence-corrected chi connectivity index (χ3v) is 1.96. The summed E-state index contributed by atoms with van der Waals surface area (Å²) in [6.07, 6.45) is 0.696. The summed E-state index contributed by atoms with van der Waals surface area (Å²) >= 11 is 5.83. The van der Waals surface area contributed by atoms with Crippen molar-refractivity contribution in [2.24, 2.45) is 5.73 Å². The van der Waals surface area contributed by atoms with Crippen LogP contribution in [0.25, 0.3) is 0 Å². The Morgan fingerprint density at radius 3 is 2.93 bits per heavy atom. The molecule has 0 unspecified atom stereocenters. The number of hydrogen-bond donors (Lipinski definition) is 1. The highest BCUT2D eigenvalue weighted by Crippen LogP contribution is 2.22. The summed E-state index contributed by atoms with van der Waals surface area (Å²) in [6.45, 7) is 0.572. The lowest BCUT2D eigenvalue weighted by Gasteiger charge is -2.08. The predicted octanol–water partition coefficient (Wildman–Crippen LogP) is 1.74. The third kappa shape index (κ3) is 2.91. The van der Waals surface area contributed by atoms with Crippen LogP contribution in [-0.4, -0.2) is 13.2 Å². The molecule has 0 aromatic heterocycles. The minimum Gasteiger partial charge on any atom is -0.478 e. The van der Waals surface area contributed by atoms with Crippen LogP contribution >= 0.6 is 11.6 Å². The lowest BCUT2D eigenvalue weighted by Crippen LogP contribution is -2.05. The van der Waals surface area contributed by atoms with Gasteiger partial charge >= 0.3 is 0 Å². The Kier molecular flexibility index (Phi) is 4.24. The van der Waals surface area contributed by atoms with E-state index in [1.165, 1.54) is 0 Å². The van der Waals surface area contributed by atoms with Gasteiger partial charge in [-0.15, -0.1) is 0 Å². The predicted molar refractivity (Wildman–Crippen MR) is 55.3 cm³/mol. The van der Waals surface area contributed by atoms with Crippen LogP contribution in [0.1, 0.15) is 5.56 Å².